The molecule has 0 fully saturated rings. The van der Waals surface area contributed by atoms with Crippen LogP contribution in [0.15, 0.2) is 36.4 Å². The summed E-state index contributed by atoms with van der Waals surface area (Å²) in [6.45, 7) is 4.08. The van der Waals surface area contributed by atoms with Gasteiger partial charge in [0.2, 0.25) is 11.8 Å². The highest BCUT2D eigenvalue weighted by molar-refractivity contribution is 5.90. The van der Waals surface area contributed by atoms with Crippen molar-refractivity contribution in [2.45, 2.75) is 45.3 Å². The quantitative estimate of drug-likeness (QED) is 0.757. The molecule has 27 heavy (non-hydrogen) atoms. The smallest absolute Gasteiger partial charge is 0.240 e. The molecule has 142 valence electrons. The summed E-state index contributed by atoms with van der Waals surface area (Å²) in [7, 11) is 0. The van der Waals surface area contributed by atoms with E-state index in [1.54, 1.807) is 12.1 Å². The van der Waals surface area contributed by atoms with Crippen LogP contribution in [0.4, 0.5) is 0 Å². The van der Waals surface area contributed by atoms with Crippen molar-refractivity contribution in [3.63, 3.8) is 0 Å². The zero-order valence-corrected chi connectivity index (χ0v) is 15.6. The number of carbonyl (C=O) groups excluding carboxylic acids is 2. The summed E-state index contributed by atoms with van der Waals surface area (Å²) in [5, 5.41) is 9.70. The fourth-order valence-corrected chi connectivity index (χ4v) is 3.82. The number of rotatable bonds is 4. The van der Waals surface area contributed by atoms with Crippen molar-refractivity contribution in [3.8, 4) is 5.75 Å². The van der Waals surface area contributed by atoms with Gasteiger partial charge < -0.3 is 21.5 Å². The number of nitrogens with two attached hydrogens (primary N) is 2. The predicted octanol–water partition coefficient (Wildman–Crippen LogP) is 1.32. The van der Waals surface area contributed by atoms with Crippen LogP contribution in [0.2, 0.25) is 0 Å². The second kappa shape index (κ2) is 7.40. The monoisotopic (exact) mass is 367 g/mol. The summed E-state index contributed by atoms with van der Waals surface area (Å²) < 4.78 is 0. The molecule has 0 spiro atoms. The number of aromatic hydroxyl groups is 1. The lowest BCUT2D eigenvalue weighted by Gasteiger charge is -2.36. The van der Waals surface area contributed by atoms with Gasteiger partial charge in [-0.05, 0) is 60.2 Å². The molecule has 0 unspecified atom stereocenters. The van der Waals surface area contributed by atoms with Gasteiger partial charge in [0.15, 0.2) is 0 Å². The van der Waals surface area contributed by atoms with Crippen LogP contribution in [0.25, 0.3) is 0 Å². The van der Waals surface area contributed by atoms with E-state index in [1.165, 1.54) is 4.90 Å². The van der Waals surface area contributed by atoms with Crippen molar-refractivity contribution in [1.29, 1.82) is 0 Å². The molecule has 2 atom stereocenters. The van der Waals surface area contributed by atoms with E-state index in [0.717, 1.165) is 27.8 Å². The number of hydrogen-bond donors (Lipinski definition) is 3. The molecule has 3 rings (SSSR count). The molecular weight excluding hydrogens is 342 g/mol. The molecule has 1 aliphatic rings. The maximum atomic E-state index is 13.1. The summed E-state index contributed by atoms with van der Waals surface area (Å²) in [6, 6.07) is 9.56. The summed E-state index contributed by atoms with van der Waals surface area (Å²) in [5.41, 5.74) is 16.5. The minimum Gasteiger partial charge on any atom is -0.508 e. The Kier molecular flexibility index (Phi) is 5.19. The van der Waals surface area contributed by atoms with Crippen molar-refractivity contribution < 1.29 is 14.7 Å². The van der Waals surface area contributed by atoms with Gasteiger partial charge in [0.05, 0.1) is 6.04 Å². The number of fused-ring (bicyclic) bond motifs is 1. The van der Waals surface area contributed by atoms with Crippen LogP contribution in [0.5, 0.6) is 5.75 Å². The summed E-state index contributed by atoms with van der Waals surface area (Å²) >= 11 is 0. The van der Waals surface area contributed by atoms with Crippen molar-refractivity contribution >= 4 is 11.8 Å². The average Bonchev–Trinajstić information content (AvgIpc) is 2.62. The number of nitrogens with zero attached hydrogens (tertiary/aromatic N) is 1. The first-order chi connectivity index (χ1) is 12.8. The Balaban J connectivity index is 1.84. The van der Waals surface area contributed by atoms with Gasteiger partial charge in [-0.3, -0.25) is 9.59 Å². The second-order valence-corrected chi connectivity index (χ2v) is 7.23. The number of primary amides is 1. The summed E-state index contributed by atoms with van der Waals surface area (Å²) in [6.07, 6.45) is 0.738. The maximum Gasteiger partial charge on any atom is 0.240 e. The number of amides is 2. The molecule has 2 amide bonds. The van der Waals surface area contributed by atoms with Crippen molar-refractivity contribution in [2.75, 3.05) is 0 Å². The Bertz CT molecular complexity index is 871. The van der Waals surface area contributed by atoms with Crippen LogP contribution < -0.4 is 11.5 Å². The number of aryl methyl sites for hydroxylation is 2. The topological polar surface area (TPSA) is 110 Å². The van der Waals surface area contributed by atoms with E-state index in [1.807, 2.05) is 38.1 Å². The van der Waals surface area contributed by atoms with E-state index >= 15 is 0 Å². The number of carbonyl (C=O) groups is 2. The number of phenolic OH excluding ortho intramolecular Hbond substituents is 1. The molecule has 6 heteroatoms. The molecule has 0 aromatic heterocycles. The van der Waals surface area contributed by atoms with Crippen molar-refractivity contribution in [2.24, 2.45) is 11.5 Å². The normalized spacial score (nSPS) is 17.3. The van der Waals surface area contributed by atoms with Gasteiger partial charge in [0.25, 0.3) is 0 Å². The van der Waals surface area contributed by atoms with Crippen molar-refractivity contribution in [3.05, 3.63) is 64.2 Å². The molecule has 0 saturated heterocycles. The van der Waals surface area contributed by atoms with E-state index < -0.39 is 18.0 Å². The van der Waals surface area contributed by atoms with E-state index in [2.05, 4.69) is 0 Å². The van der Waals surface area contributed by atoms with Crippen LogP contribution in [-0.4, -0.2) is 33.9 Å². The van der Waals surface area contributed by atoms with Crippen LogP contribution in [-0.2, 0) is 29.0 Å². The Labute approximate surface area is 158 Å². The maximum absolute atomic E-state index is 13.1. The van der Waals surface area contributed by atoms with Crippen molar-refractivity contribution in [1.82, 2.24) is 4.90 Å². The lowest BCUT2D eigenvalue weighted by molar-refractivity contribution is -0.141. The van der Waals surface area contributed by atoms with Gasteiger partial charge in [-0.25, -0.2) is 0 Å². The van der Waals surface area contributed by atoms with Gasteiger partial charge >= 0.3 is 0 Å². The lowest BCUT2D eigenvalue weighted by atomic mass is 9.91. The lowest BCUT2D eigenvalue weighted by Crippen LogP contribution is -2.55. The highest BCUT2D eigenvalue weighted by atomic mass is 16.3. The third kappa shape index (κ3) is 3.80. The minimum atomic E-state index is -0.793. The van der Waals surface area contributed by atoms with E-state index in [9.17, 15) is 14.7 Å². The van der Waals surface area contributed by atoms with Gasteiger partial charge in [0, 0.05) is 13.0 Å². The fourth-order valence-electron chi connectivity index (χ4n) is 3.82. The molecule has 2 aromatic rings. The first-order valence-electron chi connectivity index (χ1n) is 8.99. The van der Waals surface area contributed by atoms with Gasteiger partial charge in [-0.1, -0.05) is 24.3 Å². The fraction of sp³-hybridized carbons (Fsp3) is 0.333. The number of benzene rings is 2. The van der Waals surface area contributed by atoms with Crippen LogP contribution >= 0.6 is 0 Å². The molecule has 1 heterocycles. The average molecular weight is 367 g/mol. The zero-order valence-electron chi connectivity index (χ0n) is 15.6. The number of phenols is 1. The SMILES string of the molecule is Cc1cc(O)cc(C)c1C[C@H](N)C(=O)N1Cc2ccccc2C[C@@H]1C(N)=O. The Morgan fingerprint density at radius 2 is 1.78 bits per heavy atom. The Morgan fingerprint density at radius 3 is 2.37 bits per heavy atom. The highest BCUT2D eigenvalue weighted by Crippen LogP contribution is 2.26. The van der Waals surface area contributed by atoms with Crippen LogP contribution in [0.3, 0.4) is 0 Å². The van der Waals surface area contributed by atoms with E-state index in [4.69, 9.17) is 11.5 Å². The molecule has 0 saturated carbocycles. The molecule has 6 nitrogen and oxygen atoms in total. The molecule has 2 aromatic carbocycles. The van der Waals surface area contributed by atoms with Crippen LogP contribution in [0.1, 0.15) is 27.8 Å². The van der Waals surface area contributed by atoms with Gasteiger partial charge in [-0.2, -0.15) is 0 Å². The van der Waals surface area contributed by atoms with E-state index in [-0.39, 0.29) is 11.7 Å². The predicted molar refractivity (Wildman–Crippen MR) is 103 cm³/mol. The Morgan fingerprint density at radius 1 is 1.19 bits per heavy atom. The molecule has 1 aliphatic heterocycles. The largest absolute Gasteiger partial charge is 0.508 e. The third-order valence-corrected chi connectivity index (χ3v) is 5.28. The van der Waals surface area contributed by atoms with Gasteiger partial charge in [-0.15, -0.1) is 0 Å². The second-order valence-electron chi connectivity index (χ2n) is 7.23. The highest BCUT2D eigenvalue weighted by Gasteiger charge is 2.35. The summed E-state index contributed by atoms with van der Waals surface area (Å²) in [4.78, 5) is 26.5. The first-order valence-corrected chi connectivity index (χ1v) is 8.99. The zero-order chi connectivity index (χ0) is 19.7. The molecule has 0 radical (unpaired) electrons. The summed E-state index contributed by atoms with van der Waals surface area (Å²) in [5.74, 6) is -0.627. The third-order valence-electron chi connectivity index (χ3n) is 5.28. The molecular formula is C21H25N3O3. The van der Waals surface area contributed by atoms with Gasteiger partial charge in [0.1, 0.15) is 11.8 Å². The molecule has 0 bridgehead atoms. The number of hydrogen-bond acceptors (Lipinski definition) is 4. The standard InChI is InChI=1S/C21H25N3O3/c1-12-7-16(25)8-13(2)17(12)10-18(22)21(27)24-11-15-6-4-3-5-14(15)9-19(24)20(23)26/h3-8,18-19,25H,9-11,22H2,1-2H3,(H2,23,26)/t18-,19+/m0/s1. The Hall–Kier alpha value is -2.86. The molecule has 0 aliphatic carbocycles. The molecule has 5 N–H and O–H groups in total. The first kappa shape index (κ1) is 18.9. The minimum absolute atomic E-state index is 0.190. The van der Waals surface area contributed by atoms with Crippen LogP contribution in [0, 0.1) is 13.8 Å². The van der Waals surface area contributed by atoms with E-state index in [0.29, 0.717) is 19.4 Å².